The van der Waals surface area contributed by atoms with E-state index in [0.717, 1.165) is 24.8 Å². The number of carbonyl (C=O) groups is 2. The normalized spacial score (nSPS) is 15.8. The van der Waals surface area contributed by atoms with Gasteiger partial charge in [-0.25, -0.2) is 4.98 Å². The molecule has 0 fully saturated rings. The number of nitrogens with one attached hydrogen (secondary N) is 3. The summed E-state index contributed by atoms with van der Waals surface area (Å²) >= 11 is 0. The lowest BCUT2D eigenvalue weighted by Gasteiger charge is -2.26. The second kappa shape index (κ2) is 10.4. The zero-order valence-corrected chi connectivity index (χ0v) is 19.4. The van der Waals surface area contributed by atoms with Crippen LogP contribution < -0.4 is 21.5 Å². The fraction of sp³-hybridized carbons (Fsp3) is 0.308. The predicted molar refractivity (Wildman–Crippen MR) is 131 cm³/mol. The lowest BCUT2D eigenvalue weighted by Crippen LogP contribution is -2.39. The summed E-state index contributed by atoms with van der Waals surface area (Å²) < 4.78 is 1.32. The van der Waals surface area contributed by atoms with Crippen LogP contribution in [-0.4, -0.2) is 34.5 Å². The highest BCUT2D eigenvalue weighted by Gasteiger charge is 2.23. The molecular formula is C26H29N5O3. The lowest BCUT2D eigenvalue weighted by molar-refractivity contribution is -0.122. The standard InChI is InChI=1S/C26H29N5O3/c1-17(27-2)25(33)30-22-15-28-24(19-10-4-3-5-11-19)31(26(22)34)16-23(32)29-21-14-8-12-18-9-6-7-13-20(18)21/h3-7,9-11,13,15,17,21,27H,8,12,14,16H2,1-2H3,(H,29,32)(H,30,33)/t17-,21?/m0/s1. The number of amides is 2. The van der Waals surface area contributed by atoms with Gasteiger partial charge in [-0.15, -0.1) is 0 Å². The van der Waals surface area contributed by atoms with E-state index in [1.54, 1.807) is 14.0 Å². The number of hydrogen-bond donors (Lipinski definition) is 3. The number of nitrogens with zero attached hydrogens (tertiary/aromatic N) is 2. The molecular weight excluding hydrogens is 430 g/mol. The quantitative estimate of drug-likeness (QED) is 0.504. The van der Waals surface area contributed by atoms with Crippen LogP contribution in [0.3, 0.4) is 0 Å². The molecule has 0 saturated heterocycles. The average molecular weight is 460 g/mol. The number of aromatic nitrogens is 2. The molecule has 2 atom stereocenters. The Morgan fingerprint density at radius 1 is 1.12 bits per heavy atom. The Morgan fingerprint density at radius 2 is 1.85 bits per heavy atom. The van der Waals surface area contributed by atoms with E-state index in [4.69, 9.17) is 0 Å². The summed E-state index contributed by atoms with van der Waals surface area (Å²) in [4.78, 5) is 43.2. The minimum atomic E-state index is -0.490. The van der Waals surface area contributed by atoms with Gasteiger partial charge in [-0.1, -0.05) is 54.6 Å². The van der Waals surface area contributed by atoms with Gasteiger partial charge in [-0.3, -0.25) is 19.0 Å². The molecule has 1 aromatic heterocycles. The Labute approximate surface area is 198 Å². The van der Waals surface area contributed by atoms with Gasteiger partial charge in [0.1, 0.15) is 18.1 Å². The lowest BCUT2D eigenvalue weighted by atomic mass is 9.88. The molecule has 8 nitrogen and oxygen atoms in total. The molecule has 2 aromatic carbocycles. The number of anilines is 1. The third-order valence-electron chi connectivity index (χ3n) is 6.17. The highest BCUT2D eigenvalue weighted by atomic mass is 16.2. The van der Waals surface area contributed by atoms with Gasteiger partial charge < -0.3 is 16.0 Å². The first kappa shape index (κ1) is 23.4. The van der Waals surface area contributed by atoms with E-state index in [2.05, 4.69) is 27.0 Å². The number of hydrogen-bond acceptors (Lipinski definition) is 5. The smallest absolute Gasteiger partial charge is 0.278 e. The number of benzene rings is 2. The van der Waals surface area contributed by atoms with Crippen LogP contribution in [0.15, 0.2) is 65.6 Å². The Balaban J connectivity index is 1.63. The van der Waals surface area contributed by atoms with Gasteiger partial charge in [0.15, 0.2) is 0 Å². The van der Waals surface area contributed by atoms with Gasteiger partial charge in [0, 0.05) is 5.56 Å². The Hall–Kier alpha value is -3.78. The molecule has 1 aliphatic rings. The molecule has 2 amide bonds. The first-order chi connectivity index (χ1) is 16.5. The van der Waals surface area contributed by atoms with Crippen molar-refractivity contribution in [2.75, 3.05) is 12.4 Å². The van der Waals surface area contributed by atoms with E-state index in [-0.39, 0.29) is 30.1 Å². The molecule has 3 aromatic rings. The summed E-state index contributed by atoms with van der Waals surface area (Å²) in [5, 5.41) is 8.55. The van der Waals surface area contributed by atoms with E-state index in [1.165, 1.54) is 16.3 Å². The fourth-order valence-corrected chi connectivity index (χ4v) is 4.20. The highest BCUT2D eigenvalue weighted by molar-refractivity contribution is 5.94. The average Bonchev–Trinajstić information content (AvgIpc) is 2.86. The summed E-state index contributed by atoms with van der Waals surface area (Å²) in [6.07, 6.45) is 4.18. The maximum absolute atomic E-state index is 13.3. The minimum Gasteiger partial charge on any atom is -0.348 e. The summed E-state index contributed by atoms with van der Waals surface area (Å²) in [5.74, 6) is -0.275. The Morgan fingerprint density at radius 3 is 2.62 bits per heavy atom. The highest BCUT2D eigenvalue weighted by Crippen LogP contribution is 2.29. The number of likely N-dealkylation sites (N-methyl/N-ethyl adjacent to an activating group) is 1. The third kappa shape index (κ3) is 5.07. The zero-order valence-electron chi connectivity index (χ0n) is 19.4. The first-order valence-corrected chi connectivity index (χ1v) is 11.5. The van der Waals surface area contributed by atoms with Crippen LogP contribution in [0, 0.1) is 0 Å². The van der Waals surface area contributed by atoms with Crippen LogP contribution >= 0.6 is 0 Å². The fourth-order valence-electron chi connectivity index (χ4n) is 4.20. The predicted octanol–water partition coefficient (Wildman–Crippen LogP) is 2.65. The third-order valence-corrected chi connectivity index (χ3v) is 6.17. The summed E-state index contributed by atoms with van der Waals surface area (Å²) in [6, 6.07) is 16.7. The molecule has 1 heterocycles. The number of rotatable bonds is 7. The maximum Gasteiger partial charge on any atom is 0.278 e. The molecule has 0 saturated carbocycles. The molecule has 1 unspecified atom stereocenters. The number of fused-ring (bicyclic) bond motifs is 1. The van der Waals surface area contributed by atoms with Crippen molar-refractivity contribution in [2.45, 2.75) is 44.8 Å². The number of carbonyl (C=O) groups excluding carboxylic acids is 2. The second-order valence-electron chi connectivity index (χ2n) is 8.46. The molecule has 34 heavy (non-hydrogen) atoms. The Kier molecular flexibility index (Phi) is 7.18. The second-order valence-corrected chi connectivity index (χ2v) is 8.46. The van der Waals surface area contributed by atoms with Gasteiger partial charge >= 0.3 is 0 Å². The van der Waals surface area contributed by atoms with Crippen LogP contribution in [0.1, 0.15) is 36.9 Å². The minimum absolute atomic E-state index is 0.0302. The monoisotopic (exact) mass is 459 g/mol. The number of aryl methyl sites for hydroxylation is 1. The van der Waals surface area contributed by atoms with Crippen molar-refractivity contribution in [3.8, 4) is 11.4 Å². The van der Waals surface area contributed by atoms with Crippen LogP contribution in [-0.2, 0) is 22.6 Å². The van der Waals surface area contributed by atoms with Gasteiger partial charge in [-0.05, 0) is 44.4 Å². The summed E-state index contributed by atoms with van der Waals surface area (Å²) in [7, 11) is 1.66. The molecule has 176 valence electrons. The maximum atomic E-state index is 13.3. The van der Waals surface area contributed by atoms with E-state index in [0.29, 0.717) is 11.4 Å². The van der Waals surface area contributed by atoms with E-state index < -0.39 is 11.6 Å². The first-order valence-electron chi connectivity index (χ1n) is 11.5. The van der Waals surface area contributed by atoms with Crippen LogP contribution in [0.2, 0.25) is 0 Å². The molecule has 3 N–H and O–H groups in total. The van der Waals surface area contributed by atoms with Crippen LogP contribution in [0.4, 0.5) is 5.69 Å². The van der Waals surface area contributed by atoms with E-state index in [1.807, 2.05) is 48.5 Å². The van der Waals surface area contributed by atoms with Crippen molar-refractivity contribution >= 4 is 17.5 Å². The summed E-state index contributed by atoms with van der Waals surface area (Å²) in [5.41, 5.74) is 2.62. The molecule has 0 radical (unpaired) electrons. The van der Waals surface area contributed by atoms with Gasteiger partial charge in [0.2, 0.25) is 11.8 Å². The molecule has 1 aliphatic carbocycles. The van der Waals surface area contributed by atoms with E-state index >= 15 is 0 Å². The van der Waals surface area contributed by atoms with Gasteiger partial charge in [-0.2, -0.15) is 0 Å². The van der Waals surface area contributed by atoms with Gasteiger partial charge in [0.05, 0.1) is 18.3 Å². The molecule has 0 aliphatic heterocycles. The SMILES string of the molecule is CN[C@@H](C)C(=O)Nc1cnc(-c2ccccc2)n(CC(=O)NC2CCCc3ccccc32)c1=O. The van der Waals surface area contributed by atoms with Crippen molar-refractivity contribution in [3.63, 3.8) is 0 Å². The van der Waals surface area contributed by atoms with Crippen molar-refractivity contribution in [1.82, 2.24) is 20.2 Å². The van der Waals surface area contributed by atoms with Crippen LogP contribution in [0.25, 0.3) is 11.4 Å². The van der Waals surface area contributed by atoms with Crippen molar-refractivity contribution in [1.29, 1.82) is 0 Å². The zero-order chi connectivity index (χ0) is 24.1. The largest absolute Gasteiger partial charge is 0.348 e. The van der Waals surface area contributed by atoms with Crippen molar-refractivity contribution in [2.24, 2.45) is 0 Å². The summed E-state index contributed by atoms with van der Waals surface area (Å²) in [6.45, 7) is 1.48. The molecule has 4 rings (SSSR count). The van der Waals surface area contributed by atoms with E-state index in [9.17, 15) is 14.4 Å². The van der Waals surface area contributed by atoms with Crippen molar-refractivity contribution < 1.29 is 9.59 Å². The molecule has 8 heteroatoms. The molecule has 0 spiro atoms. The van der Waals surface area contributed by atoms with Crippen LogP contribution in [0.5, 0.6) is 0 Å². The topological polar surface area (TPSA) is 105 Å². The van der Waals surface area contributed by atoms with Crippen molar-refractivity contribution in [3.05, 3.63) is 82.3 Å². The van der Waals surface area contributed by atoms with Gasteiger partial charge in [0.25, 0.3) is 5.56 Å². The molecule has 0 bridgehead atoms. The Bertz CT molecular complexity index is 1240.